The van der Waals surface area contributed by atoms with Crippen molar-refractivity contribution in [2.75, 3.05) is 112 Å². The van der Waals surface area contributed by atoms with Crippen LogP contribution in [-0.2, 0) is 43.2 Å². The van der Waals surface area contributed by atoms with Crippen LogP contribution in [0.1, 0.15) is 0 Å². The number of carboxylic acid groups (broad SMARTS) is 3. The number of carbonyl (C=O) groups is 7. The number of hydrogen-bond donors (Lipinski definition) is 14. The standard InChI is InChI=1S/C34H61N9O22.Gd.H2O/c44-16-22(48)33(62)31(60)20(46)9-39-64-18-26(52)37-3-1-35-24(50)11-42(14-29(56)57)7-5-41(13-28(54)55)6-8-43(15-30(58)59)12-25(51)36-2-4-38-27(53)19-65-40-10-21(47)32(61)34(63)23(49)17-45;;/h9-10,20-23,31-34,44-49,60-63H,1-8,11-19H2,(H,35,50)(H,36,51)(H,37,52)(H,38,53)(H,54,55)(H,56,57)(H,58,59);;1H2/q;+3;/p-3/b39-9+,40-10+;;/t20-,21-,22?,23?,31?,32?,33?,34?;;/m0../s1. The van der Waals surface area contributed by atoms with Crippen molar-refractivity contribution in [2.45, 2.75) is 48.8 Å². The number of aliphatic carboxylic acids is 3. The predicted molar refractivity (Wildman–Crippen MR) is 211 cm³/mol. The molecule has 67 heavy (non-hydrogen) atoms. The molecule has 0 saturated heterocycles. The third-order valence-corrected chi connectivity index (χ3v) is 8.33. The van der Waals surface area contributed by atoms with Gasteiger partial charge in [-0.1, -0.05) is 10.3 Å². The van der Waals surface area contributed by atoms with Crippen LogP contribution in [0.2, 0.25) is 0 Å². The van der Waals surface area contributed by atoms with Gasteiger partial charge in [-0.05, 0) is 0 Å². The van der Waals surface area contributed by atoms with Gasteiger partial charge < -0.3 is 117 Å². The molecule has 0 fully saturated rings. The SMILES string of the molecule is O.O=C([O-])CN(CCN(CC(=O)[O-])CC(=O)NCCNC(=O)CO/N=C/[C@H](O)C(O)C(O)C(O)CO)CCN(CC(=O)[O-])CC(=O)NCCNC(=O)CO/N=C/[C@H](O)C(O)C(O)C(O)CO.[Gd+3]. The van der Waals surface area contributed by atoms with Crippen molar-refractivity contribution in [3.8, 4) is 0 Å². The molecule has 33 heteroatoms. The van der Waals surface area contributed by atoms with Gasteiger partial charge in [-0.2, -0.15) is 0 Å². The van der Waals surface area contributed by atoms with Crippen LogP contribution in [-0.4, -0.2) is 286 Å². The molecule has 0 saturated carbocycles. The first-order valence-electron chi connectivity index (χ1n) is 19.4. The number of rotatable bonds is 38. The summed E-state index contributed by atoms with van der Waals surface area (Å²) in [6.07, 6.45) is -13.7. The van der Waals surface area contributed by atoms with Crippen molar-refractivity contribution in [2.24, 2.45) is 10.3 Å². The van der Waals surface area contributed by atoms with E-state index in [0.717, 1.165) is 9.80 Å². The molecule has 0 rings (SSSR count). The Balaban J connectivity index is -0.0000205. The summed E-state index contributed by atoms with van der Waals surface area (Å²) < 4.78 is 0. The minimum absolute atomic E-state index is 0. The van der Waals surface area contributed by atoms with Crippen LogP contribution in [0, 0.1) is 39.9 Å². The Morgan fingerprint density at radius 1 is 0.478 bits per heavy atom. The number of hydrogen-bond acceptors (Lipinski definition) is 27. The fourth-order valence-electron chi connectivity index (χ4n) is 4.89. The summed E-state index contributed by atoms with van der Waals surface area (Å²) >= 11 is 0. The summed E-state index contributed by atoms with van der Waals surface area (Å²) in [4.78, 5) is 95.8. The molecule has 1 radical (unpaired) electrons. The fraction of sp³-hybridized carbons (Fsp3) is 0.735. The first kappa shape index (κ1) is 67.3. The van der Waals surface area contributed by atoms with Gasteiger partial charge in [0, 0.05) is 72.0 Å². The van der Waals surface area contributed by atoms with Crippen LogP contribution in [0.15, 0.2) is 10.3 Å². The van der Waals surface area contributed by atoms with E-state index >= 15 is 0 Å². The Morgan fingerprint density at radius 2 is 0.761 bits per heavy atom. The molecule has 0 spiro atoms. The second-order valence-electron chi connectivity index (χ2n) is 13.7. The maximum absolute atomic E-state index is 12.5. The van der Waals surface area contributed by atoms with Crippen LogP contribution in [0.3, 0.4) is 0 Å². The first-order valence-corrected chi connectivity index (χ1v) is 19.4. The third-order valence-electron chi connectivity index (χ3n) is 8.33. The van der Waals surface area contributed by atoms with Crippen molar-refractivity contribution >= 4 is 54.0 Å². The average molecular weight is 1120 g/mol. The Morgan fingerprint density at radius 3 is 1.06 bits per heavy atom. The number of aliphatic hydroxyl groups excluding tert-OH is 10. The monoisotopic (exact) mass is 1120 g/mol. The molecule has 0 aliphatic heterocycles. The number of aliphatic hydroxyl groups is 10. The van der Waals surface area contributed by atoms with Crippen LogP contribution in [0.4, 0.5) is 0 Å². The maximum atomic E-state index is 12.5. The zero-order valence-corrected chi connectivity index (χ0v) is 38.0. The van der Waals surface area contributed by atoms with E-state index in [2.05, 4.69) is 41.3 Å². The molecular formula is C34H60GdN9O23. The zero-order chi connectivity index (χ0) is 49.5. The number of amides is 4. The number of oxime groups is 2. The van der Waals surface area contributed by atoms with Crippen LogP contribution in [0.25, 0.3) is 0 Å². The van der Waals surface area contributed by atoms with E-state index in [9.17, 15) is 89.7 Å². The van der Waals surface area contributed by atoms with Gasteiger partial charge in [0.25, 0.3) is 11.8 Å². The molecule has 32 nitrogen and oxygen atoms in total. The second-order valence-corrected chi connectivity index (χ2v) is 13.7. The minimum atomic E-state index is -1.94. The van der Waals surface area contributed by atoms with E-state index in [1.54, 1.807) is 0 Å². The smallest absolute Gasteiger partial charge is 0.549 e. The molecule has 16 N–H and O–H groups in total. The van der Waals surface area contributed by atoms with Crippen molar-refractivity contribution < 1.29 is 155 Å². The molecule has 6 unspecified atom stereocenters. The van der Waals surface area contributed by atoms with Gasteiger partial charge in [-0.15, -0.1) is 0 Å². The van der Waals surface area contributed by atoms with Gasteiger partial charge in [0.05, 0.1) is 56.6 Å². The zero-order valence-electron chi connectivity index (χ0n) is 35.8. The third kappa shape index (κ3) is 33.2. The largest absolute Gasteiger partial charge is 3.00 e. The van der Waals surface area contributed by atoms with Crippen molar-refractivity contribution in [3.05, 3.63) is 0 Å². The predicted octanol–water partition coefficient (Wildman–Crippen LogP) is -16.3. The topological polar surface area (TPSA) is 523 Å². The van der Waals surface area contributed by atoms with E-state index in [4.69, 9.17) is 10.2 Å². The second kappa shape index (κ2) is 38.9. The van der Waals surface area contributed by atoms with Gasteiger partial charge in [0.1, 0.15) is 48.8 Å². The first-order chi connectivity index (χ1) is 30.6. The van der Waals surface area contributed by atoms with E-state index in [0.29, 0.717) is 12.4 Å². The summed E-state index contributed by atoms with van der Waals surface area (Å²) in [5, 5.41) is 144. The van der Waals surface area contributed by atoms with Gasteiger partial charge in [-0.25, -0.2) is 0 Å². The Labute approximate surface area is 413 Å². The molecule has 8 atom stereocenters. The molecule has 0 aromatic heterocycles. The Bertz CT molecular complexity index is 1420. The van der Waals surface area contributed by atoms with Gasteiger partial charge in [-0.3, -0.25) is 33.9 Å². The van der Waals surface area contributed by atoms with Crippen LogP contribution < -0.4 is 36.6 Å². The summed E-state index contributed by atoms with van der Waals surface area (Å²) in [6.45, 7) is -7.97. The van der Waals surface area contributed by atoms with E-state index in [1.807, 2.05) is 0 Å². The van der Waals surface area contributed by atoms with E-state index in [1.165, 1.54) is 4.90 Å². The molecule has 0 bridgehead atoms. The molecule has 0 aromatic carbocycles. The molecule has 387 valence electrons. The summed E-state index contributed by atoms with van der Waals surface area (Å²) in [5.74, 6) is -7.66. The quantitative estimate of drug-likeness (QED) is 0.0155. The van der Waals surface area contributed by atoms with Crippen LogP contribution in [0.5, 0.6) is 0 Å². The van der Waals surface area contributed by atoms with E-state index in [-0.39, 0.29) is 97.8 Å². The molecule has 0 aliphatic carbocycles. The normalized spacial score (nSPS) is 15.0. The number of carboxylic acids is 3. The number of carbonyl (C=O) groups excluding carboxylic acids is 7. The maximum Gasteiger partial charge on any atom is 3.00 e. The molecular weight excluding hydrogens is 1060 g/mol. The minimum Gasteiger partial charge on any atom is -0.549 e. The Kier molecular flexibility index (Phi) is 39.1. The summed E-state index contributed by atoms with van der Waals surface area (Å²) in [6, 6.07) is 0. The fourth-order valence-corrected chi connectivity index (χ4v) is 4.89. The average Bonchev–Trinajstić information content (AvgIpc) is 3.25. The number of nitrogens with zero attached hydrogens (tertiary/aromatic N) is 5. The molecule has 0 aliphatic rings. The van der Waals surface area contributed by atoms with Gasteiger partial charge >= 0.3 is 39.9 Å². The van der Waals surface area contributed by atoms with Crippen molar-refractivity contribution in [1.29, 1.82) is 0 Å². The summed E-state index contributed by atoms with van der Waals surface area (Å²) in [5.41, 5.74) is 0. The Hall–Kier alpha value is -4.01. The van der Waals surface area contributed by atoms with Gasteiger partial charge in [0.15, 0.2) is 13.2 Å². The molecule has 4 amide bonds. The van der Waals surface area contributed by atoms with E-state index < -0.39 is 150 Å². The summed E-state index contributed by atoms with van der Waals surface area (Å²) in [7, 11) is 0. The van der Waals surface area contributed by atoms with Crippen molar-refractivity contribution in [3.63, 3.8) is 0 Å². The van der Waals surface area contributed by atoms with Crippen molar-refractivity contribution in [1.82, 2.24) is 36.0 Å². The molecule has 0 aromatic rings. The number of nitrogens with one attached hydrogen (secondary N) is 4. The van der Waals surface area contributed by atoms with Crippen LogP contribution >= 0.6 is 0 Å². The molecule has 0 heterocycles. The van der Waals surface area contributed by atoms with Gasteiger partial charge in [0.2, 0.25) is 11.8 Å².